The van der Waals surface area contributed by atoms with Crippen LogP contribution < -0.4 is 4.74 Å². The summed E-state index contributed by atoms with van der Waals surface area (Å²) in [4.78, 5) is 8.74. The van der Waals surface area contributed by atoms with Gasteiger partial charge in [-0.1, -0.05) is 12.1 Å². The zero-order chi connectivity index (χ0) is 20.8. The van der Waals surface area contributed by atoms with E-state index >= 15 is 0 Å². The van der Waals surface area contributed by atoms with E-state index in [-0.39, 0.29) is 0 Å². The molecule has 6 heteroatoms. The van der Waals surface area contributed by atoms with Crippen molar-refractivity contribution >= 4 is 6.08 Å². The van der Waals surface area contributed by atoms with Crippen molar-refractivity contribution in [2.45, 2.75) is 20.3 Å². The maximum atomic E-state index is 13.2. The lowest BCUT2D eigenvalue weighted by atomic mass is 10.1. The van der Waals surface area contributed by atoms with Crippen LogP contribution in [-0.2, 0) is 6.42 Å². The lowest BCUT2D eigenvalue weighted by molar-refractivity contribution is 0.452. The van der Waals surface area contributed by atoms with Crippen molar-refractivity contribution in [1.82, 2.24) is 9.97 Å². The molecule has 0 unspecified atom stereocenters. The Hall–Kier alpha value is -4.03. The summed E-state index contributed by atoms with van der Waals surface area (Å²) in [5.41, 5.74) is 3.79. The Balaban J connectivity index is 1.81. The van der Waals surface area contributed by atoms with Crippen LogP contribution in [0.3, 0.4) is 0 Å². The molecule has 5 nitrogen and oxygen atoms in total. The van der Waals surface area contributed by atoms with E-state index in [1.54, 1.807) is 36.5 Å². The average molecular weight is 384 g/mol. The van der Waals surface area contributed by atoms with Crippen molar-refractivity contribution in [3.63, 3.8) is 0 Å². The normalized spacial score (nSPS) is 10.9. The Labute approximate surface area is 168 Å². The van der Waals surface area contributed by atoms with Gasteiger partial charge in [0.2, 0.25) is 11.7 Å². The summed E-state index contributed by atoms with van der Waals surface area (Å²) in [6.45, 7) is 3.70. The van der Waals surface area contributed by atoms with Gasteiger partial charge >= 0.3 is 0 Å². The predicted molar refractivity (Wildman–Crippen MR) is 107 cm³/mol. The second-order valence-corrected chi connectivity index (χ2v) is 6.49. The molecule has 2 aromatic carbocycles. The Kier molecular flexibility index (Phi) is 5.97. The molecule has 0 N–H and O–H groups in total. The summed E-state index contributed by atoms with van der Waals surface area (Å²) < 4.78 is 19.2. The highest BCUT2D eigenvalue weighted by molar-refractivity contribution is 5.59. The van der Waals surface area contributed by atoms with E-state index in [9.17, 15) is 4.39 Å². The van der Waals surface area contributed by atoms with Gasteiger partial charge < -0.3 is 4.74 Å². The quantitative estimate of drug-likeness (QED) is 0.566. The Bertz CT molecular complexity index is 1130. The Morgan fingerprint density at radius 3 is 2.41 bits per heavy atom. The zero-order valence-corrected chi connectivity index (χ0v) is 16.0. The van der Waals surface area contributed by atoms with Crippen LogP contribution in [0.1, 0.15) is 33.6 Å². The summed E-state index contributed by atoms with van der Waals surface area (Å²) in [7, 11) is 0. The van der Waals surface area contributed by atoms with Gasteiger partial charge in [0, 0.05) is 18.7 Å². The van der Waals surface area contributed by atoms with Gasteiger partial charge in [0.05, 0.1) is 11.6 Å². The van der Waals surface area contributed by atoms with Crippen molar-refractivity contribution in [3.8, 4) is 23.8 Å². The fourth-order valence-corrected chi connectivity index (χ4v) is 2.91. The Morgan fingerprint density at radius 2 is 1.79 bits per heavy atom. The molecular weight excluding hydrogens is 367 g/mol. The van der Waals surface area contributed by atoms with Crippen LogP contribution in [0.25, 0.3) is 6.08 Å². The van der Waals surface area contributed by atoms with Gasteiger partial charge in [0.25, 0.3) is 0 Å². The van der Waals surface area contributed by atoms with E-state index in [1.807, 2.05) is 26.0 Å². The van der Waals surface area contributed by atoms with Crippen LogP contribution in [0.2, 0.25) is 0 Å². The second-order valence-electron chi connectivity index (χ2n) is 6.49. The minimum Gasteiger partial charge on any atom is -0.438 e. The van der Waals surface area contributed by atoms with Gasteiger partial charge in [-0.05, 0) is 66.4 Å². The second kappa shape index (κ2) is 8.77. The van der Waals surface area contributed by atoms with E-state index in [0.29, 0.717) is 35.0 Å². The topological polar surface area (TPSA) is 82.6 Å². The molecule has 29 heavy (non-hydrogen) atoms. The number of benzene rings is 2. The number of aryl methyl sites for hydroxylation is 2. The number of rotatable bonds is 5. The summed E-state index contributed by atoms with van der Waals surface area (Å²) in [6.07, 6.45) is 3.33. The van der Waals surface area contributed by atoms with Crippen molar-refractivity contribution in [1.29, 1.82) is 10.5 Å². The zero-order valence-electron chi connectivity index (χ0n) is 16.0. The van der Waals surface area contributed by atoms with Crippen molar-refractivity contribution in [2.75, 3.05) is 0 Å². The van der Waals surface area contributed by atoms with Crippen LogP contribution in [-0.4, -0.2) is 9.97 Å². The minimum atomic E-state index is -0.847. The summed E-state index contributed by atoms with van der Waals surface area (Å²) in [6, 6.07) is 16.0. The van der Waals surface area contributed by atoms with Gasteiger partial charge in [-0.2, -0.15) is 19.9 Å². The SMILES string of the molecule is Cc1cc(/C=C(/F)C#N)cc(C)c1Oc1ccnc(Cc2ccc(C#N)cc2)n1. The van der Waals surface area contributed by atoms with Crippen molar-refractivity contribution < 1.29 is 9.13 Å². The van der Waals surface area contributed by atoms with E-state index in [1.165, 1.54) is 12.1 Å². The summed E-state index contributed by atoms with van der Waals surface area (Å²) in [5, 5.41) is 17.5. The molecular formula is C23H17FN4O. The van der Waals surface area contributed by atoms with E-state index < -0.39 is 5.83 Å². The van der Waals surface area contributed by atoms with Crippen LogP contribution in [0.15, 0.2) is 54.5 Å². The lowest BCUT2D eigenvalue weighted by Gasteiger charge is -2.12. The van der Waals surface area contributed by atoms with Gasteiger partial charge in [-0.15, -0.1) is 0 Å². The molecule has 0 fully saturated rings. The van der Waals surface area contributed by atoms with Crippen LogP contribution in [0, 0.1) is 36.5 Å². The fourth-order valence-electron chi connectivity index (χ4n) is 2.91. The Morgan fingerprint density at radius 1 is 1.10 bits per heavy atom. The van der Waals surface area contributed by atoms with Gasteiger partial charge in [0.15, 0.2) is 0 Å². The number of ether oxygens (including phenoxy) is 1. The summed E-state index contributed by atoms with van der Waals surface area (Å²) >= 11 is 0. The number of allylic oxidation sites excluding steroid dienone is 1. The third-order valence-corrected chi connectivity index (χ3v) is 4.21. The molecule has 0 amide bonds. The smallest absolute Gasteiger partial charge is 0.222 e. The van der Waals surface area contributed by atoms with Crippen LogP contribution in [0.4, 0.5) is 4.39 Å². The number of hydrogen-bond acceptors (Lipinski definition) is 5. The molecule has 0 atom stereocenters. The summed E-state index contributed by atoms with van der Waals surface area (Å²) in [5.74, 6) is 0.780. The highest BCUT2D eigenvalue weighted by atomic mass is 19.1. The minimum absolute atomic E-state index is 0.404. The molecule has 142 valence electrons. The van der Waals surface area contributed by atoms with Crippen molar-refractivity contribution in [2.24, 2.45) is 0 Å². The van der Waals surface area contributed by atoms with Gasteiger partial charge in [0.1, 0.15) is 17.6 Å². The van der Waals surface area contributed by atoms with Gasteiger partial charge in [-0.3, -0.25) is 0 Å². The highest BCUT2D eigenvalue weighted by Crippen LogP contribution is 2.30. The first-order valence-corrected chi connectivity index (χ1v) is 8.86. The fraction of sp³-hybridized carbons (Fsp3) is 0.130. The average Bonchev–Trinajstić information content (AvgIpc) is 2.71. The highest BCUT2D eigenvalue weighted by Gasteiger charge is 2.10. The molecule has 1 aromatic heterocycles. The van der Waals surface area contributed by atoms with Crippen LogP contribution in [0.5, 0.6) is 11.6 Å². The molecule has 0 aliphatic heterocycles. The first-order chi connectivity index (χ1) is 14.0. The maximum Gasteiger partial charge on any atom is 0.222 e. The van der Waals surface area contributed by atoms with Crippen molar-refractivity contribution in [3.05, 3.63) is 88.1 Å². The van der Waals surface area contributed by atoms with Crippen LogP contribution >= 0.6 is 0 Å². The molecule has 3 rings (SSSR count). The molecule has 0 radical (unpaired) electrons. The number of hydrogen-bond donors (Lipinski definition) is 0. The lowest BCUT2D eigenvalue weighted by Crippen LogP contribution is -2.00. The molecule has 0 saturated carbocycles. The largest absolute Gasteiger partial charge is 0.438 e. The van der Waals surface area contributed by atoms with E-state index in [2.05, 4.69) is 16.0 Å². The molecule has 0 bridgehead atoms. The number of halogens is 1. The third kappa shape index (κ3) is 5.03. The molecule has 0 aliphatic carbocycles. The first kappa shape index (κ1) is 19.7. The monoisotopic (exact) mass is 384 g/mol. The molecule has 0 aliphatic rings. The number of aromatic nitrogens is 2. The molecule has 3 aromatic rings. The third-order valence-electron chi connectivity index (χ3n) is 4.21. The van der Waals surface area contributed by atoms with E-state index in [0.717, 1.165) is 16.7 Å². The number of nitriles is 2. The number of nitrogens with zero attached hydrogens (tertiary/aromatic N) is 4. The molecule has 0 spiro atoms. The molecule has 1 heterocycles. The first-order valence-electron chi connectivity index (χ1n) is 8.86. The predicted octanol–water partition coefficient (Wildman–Crippen LogP) is 5.18. The van der Waals surface area contributed by atoms with Gasteiger partial charge in [-0.25, -0.2) is 4.98 Å². The van der Waals surface area contributed by atoms with E-state index in [4.69, 9.17) is 15.3 Å². The standard InChI is InChI=1S/C23H17FN4O/c1-15-9-19(11-20(24)14-26)10-16(2)23(15)29-22-7-8-27-21(28-22)12-17-3-5-18(13-25)6-4-17/h3-11H,12H2,1-2H3/b20-11+. The molecule has 0 saturated heterocycles. The maximum absolute atomic E-state index is 13.2.